The monoisotopic (exact) mass is 168 g/mol. The second-order valence-electron chi connectivity index (χ2n) is 2.27. The smallest absolute Gasteiger partial charge is 0.164 e. The van der Waals surface area contributed by atoms with Crippen molar-refractivity contribution in [2.24, 2.45) is 0 Å². The number of phenols is 1. The topological polar surface area (TPSA) is 38.7 Å². The van der Waals surface area contributed by atoms with E-state index in [0.717, 1.165) is 0 Å². The van der Waals surface area contributed by atoms with E-state index in [1.165, 1.54) is 6.07 Å². The molecule has 0 aliphatic carbocycles. The van der Waals surface area contributed by atoms with Gasteiger partial charge >= 0.3 is 0 Å². The molecule has 0 saturated carbocycles. The van der Waals surface area contributed by atoms with E-state index in [9.17, 15) is 0 Å². The summed E-state index contributed by atoms with van der Waals surface area (Å²) < 4.78 is 10.2. The van der Waals surface area contributed by atoms with Crippen LogP contribution >= 0.6 is 0 Å². The van der Waals surface area contributed by atoms with Gasteiger partial charge in [0, 0.05) is 6.07 Å². The highest BCUT2D eigenvalue weighted by molar-refractivity contribution is 5.44. The van der Waals surface area contributed by atoms with Crippen LogP contribution in [-0.2, 0) is 0 Å². The Bertz CT molecular complexity index is 258. The van der Waals surface area contributed by atoms with Gasteiger partial charge in [0.15, 0.2) is 11.5 Å². The van der Waals surface area contributed by atoms with Crippen LogP contribution in [0.15, 0.2) is 18.2 Å². The molecule has 0 aliphatic rings. The first-order valence-corrected chi connectivity index (χ1v) is 3.77. The van der Waals surface area contributed by atoms with Crippen LogP contribution in [0.5, 0.6) is 17.2 Å². The van der Waals surface area contributed by atoms with Crippen LogP contribution in [-0.4, -0.2) is 18.8 Å². The molecule has 0 atom stereocenters. The summed E-state index contributed by atoms with van der Waals surface area (Å²) in [5.41, 5.74) is 0. The molecular formula is C9H12O3. The molecule has 0 aliphatic heterocycles. The standard InChI is InChI=1S/C9H12O3/c1-3-12-9-6-7(10)4-5-8(9)11-2/h4-6,10H,3H2,1-2H3. The molecule has 1 aromatic carbocycles. The number of ether oxygens (including phenoxy) is 2. The lowest BCUT2D eigenvalue weighted by molar-refractivity contribution is 0.308. The third kappa shape index (κ3) is 1.81. The minimum atomic E-state index is 0.180. The fraction of sp³-hybridized carbons (Fsp3) is 0.333. The van der Waals surface area contributed by atoms with Crippen molar-refractivity contribution in [1.82, 2.24) is 0 Å². The fourth-order valence-electron chi connectivity index (χ4n) is 0.934. The molecule has 0 radical (unpaired) electrons. The highest BCUT2D eigenvalue weighted by Gasteiger charge is 2.03. The van der Waals surface area contributed by atoms with Crippen molar-refractivity contribution in [3.63, 3.8) is 0 Å². The average molecular weight is 168 g/mol. The molecule has 0 saturated heterocycles. The van der Waals surface area contributed by atoms with E-state index in [1.807, 2.05) is 6.92 Å². The van der Waals surface area contributed by atoms with Gasteiger partial charge in [-0.2, -0.15) is 0 Å². The third-order valence-corrected chi connectivity index (χ3v) is 1.45. The molecule has 0 spiro atoms. The Morgan fingerprint density at radius 2 is 2.08 bits per heavy atom. The van der Waals surface area contributed by atoms with E-state index < -0.39 is 0 Å². The molecule has 1 aromatic rings. The van der Waals surface area contributed by atoms with Crippen molar-refractivity contribution in [2.45, 2.75) is 6.92 Å². The summed E-state index contributed by atoms with van der Waals surface area (Å²) in [5, 5.41) is 9.12. The van der Waals surface area contributed by atoms with Crippen molar-refractivity contribution < 1.29 is 14.6 Å². The van der Waals surface area contributed by atoms with Crippen LogP contribution in [0.2, 0.25) is 0 Å². The molecule has 3 nitrogen and oxygen atoms in total. The van der Waals surface area contributed by atoms with Crippen molar-refractivity contribution in [3.8, 4) is 17.2 Å². The SMILES string of the molecule is CCOc1cc(O)ccc1OC. The largest absolute Gasteiger partial charge is 0.508 e. The Kier molecular flexibility index (Phi) is 2.80. The van der Waals surface area contributed by atoms with Crippen LogP contribution < -0.4 is 9.47 Å². The van der Waals surface area contributed by atoms with Crippen LogP contribution in [0.3, 0.4) is 0 Å². The van der Waals surface area contributed by atoms with Crippen molar-refractivity contribution in [3.05, 3.63) is 18.2 Å². The molecule has 66 valence electrons. The lowest BCUT2D eigenvalue weighted by atomic mass is 10.3. The Morgan fingerprint density at radius 1 is 1.33 bits per heavy atom. The average Bonchev–Trinajstić information content (AvgIpc) is 2.05. The summed E-state index contributed by atoms with van der Waals surface area (Å²) in [4.78, 5) is 0. The number of rotatable bonds is 3. The highest BCUT2D eigenvalue weighted by atomic mass is 16.5. The zero-order chi connectivity index (χ0) is 8.97. The summed E-state index contributed by atoms with van der Waals surface area (Å²) in [6.07, 6.45) is 0. The first-order valence-electron chi connectivity index (χ1n) is 3.77. The molecule has 0 unspecified atom stereocenters. The maximum atomic E-state index is 9.12. The molecule has 0 heterocycles. The number of hydrogen-bond donors (Lipinski definition) is 1. The van der Waals surface area contributed by atoms with E-state index in [-0.39, 0.29) is 5.75 Å². The van der Waals surface area contributed by atoms with Gasteiger partial charge in [-0.25, -0.2) is 0 Å². The number of methoxy groups -OCH3 is 1. The zero-order valence-electron chi connectivity index (χ0n) is 7.20. The molecular weight excluding hydrogens is 156 g/mol. The lowest BCUT2D eigenvalue weighted by Crippen LogP contribution is -1.94. The Hall–Kier alpha value is -1.38. The normalized spacial score (nSPS) is 9.50. The Balaban J connectivity index is 2.95. The van der Waals surface area contributed by atoms with Gasteiger partial charge in [0.1, 0.15) is 5.75 Å². The quantitative estimate of drug-likeness (QED) is 0.747. The summed E-state index contributed by atoms with van der Waals surface area (Å²) >= 11 is 0. The van der Waals surface area contributed by atoms with Gasteiger partial charge in [0.05, 0.1) is 13.7 Å². The molecule has 0 aromatic heterocycles. The van der Waals surface area contributed by atoms with Gasteiger partial charge in [-0.15, -0.1) is 0 Å². The number of aromatic hydroxyl groups is 1. The predicted octanol–water partition coefficient (Wildman–Crippen LogP) is 1.80. The maximum absolute atomic E-state index is 9.12. The molecule has 0 fully saturated rings. The Labute approximate surface area is 71.5 Å². The second-order valence-corrected chi connectivity index (χ2v) is 2.27. The van der Waals surface area contributed by atoms with Crippen LogP contribution in [0, 0.1) is 0 Å². The predicted molar refractivity (Wildman–Crippen MR) is 45.8 cm³/mol. The third-order valence-electron chi connectivity index (χ3n) is 1.45. The first kappa shape index (κ1) is 8.71. The molecule has 12 heavy (non-hydrogen) atoms. The summed E-state index contributed by atoms with van der Waals surface area (Å²) in [7, 11) is 1.56. The van der Waals surface area contributed by atoms with Gasteiger partial charge in [0.2, 0.25) is 0 Å². The van der Waals surface area contributed by atoms with Crippen molar-refractivity contribution in [2.75, 3.05) is 13.7 Å². The van der Waals surface area contributed by atoms with Crippen LogP contribution in [0.4, 0.5) is 0 Å². The molecule has 1 rings (SSSR count). The van der Waals surface area contributed by atoms with Gasteiger partial charge in [-0.1, -0.05) is 0 Å². The first-order chi connectivity index (χ1) is 5.77. The second kappa shape index (κ2) is 3.85. The number of hydrogen-bond acceptors (Lipinski definition) is 3. The molecule has 0 amide bonds. The van der Waals surface area contributed by atoms with Gasteiger partial charge in [0.25, 0.3) is 0 Å². The van der Waals surface area contributed by atoms with E-state index in [2.05, 4.69) is 0 Å². The van der Waals surface area contributed by atoms with Gasteiger partial charge in [-0.05, 0) is 19.1 Å². The summed E-state index contributed by atoms with van der Waals surface area (Å²) in [5.74, 6) is 1.38. The van der Waals surface area contributed by atoms with E-state index >= 15 is 0 Å². The highest BCUT2D eigenvalue weighted by Crippen LogP contribution is 2.30. The summed E-state index contributed by atoms with van der Waals surface area (Å²) in [6.45, 7) is 2.43. The van der Waals surface area contributed by atoms with E-state index in [4.69, 9.17) is 14.6 Å². The molecule has 3 heteroatoms. The van der Waals surface area contributed by atoms with Crippen molar-refractivity contribution >= 4 is 0 Å². The molecule has 0 bridgehead atoms. The lowest BCUT2D eigenvalue weighted by Gasteiger charge is -2.08. The maximum Gasteiger partial charge on any atom is 0.164 e. The minimum Gasteiger partial charge on any atom is -0.508 e. The molecule has 1 N–H and O–H groups in total. The van der Waals surface area contributed by atoms with E-state index in [0.29, 0.717) is 18.1 Å². The number of benzene rings is 1. The number of phenolic OH excluding ortho intramolecular Hbond substituents is 1. The van der Waals surface area contributed by atoms with Gasteiger partial charge in [-0.3, -0.25) is 0 Å². The van der Waals surface area contributed by atoms with E-state index in [1.54, 1.807) is 19.2 Å². The van der Waals surface area contributed by atoms with Crippen LogP contribution in [0.25, 0.3) is 0 Å². The fourth-order valence-corrected chi connectivity index (χ4v) is 0.934. The zero-order valence-corrected chi connectivity index (χ0v) is 7.20. The summed E-state index contributed by atoms with van der Waals surface area (Å²) in [6, 6.07) is 4.75. The van der Waals surface area contributed by atoms with Crippen LogP contribution in [0.1, 0.15) is 6.92 Å². The van der Waals surface area contributed by atoms with Gasteiger partial charge < -0.3 is 14.6 Å². The van der Waals surface area contributed by atoms with Crippen molar-refractivity contribution in [1.29, 1.82) is 0 Å². The Morgan fingerprint density at radius 3 is 2.67 bits per heavy atom. The minimum absolute atomic E-state index is 0.180.